The number of aryl methyl sites for hydroxylation is 1. The Bertz CT molecular complexity index is 687. The van der Waals surface area contributed by atoms with Crippen molar-refractivity contribution in [2.24, 2.45) is 0 Å². The van der Waals surface area contributed by atoms with E-state index in [2.05, 4.69) is 70.0 Å². The summed E-state index contributed by atoms with van der Waals surface area (Å²) in [5.74, 6) is 0.629. The summed E-state index contributed by atoms with van der Waals surface area (Å²) in [5.41, 5.74) is 4.36. The minimum Gasteiger partial charge on any atom is -0.394 e. The van der Waals surface area contributed by atoms with Gasteiger partial charge in [0.25, 0.3) is 0 Å². The molecule has 1 aliphatic carbocycles. The van der Waals surface area contributed by atoms with Crippen LogP contribution in [-0.2, 0) is 6.42 Å². The first kappa shape index (κ1) is 15.6. The predicted octanol–water partition coefficient (Wildman–Crippen LogP) is 4.13. The Balaban J connectivity index is 1.66. The Morgan fingerprint density at radius 2 is 1.91 bits per heavy atom. The zero-order chi connectivity index (χ0) is 15.8. The standard InChI is InChI=1S/C20H22INO/c21-17-8-4-7-15-9-10-18-16(20(15)17)11-12-22(18)19(13-23)14-5-2-1-3-6-14/h1-8,16,18-19,23H,9-13H2. The third kappa shape index (κ3) is 2.73. The summed E-state index contributed by atoms with van der Waals surface area (Å²) >= 11 is 2.50. The molecule has 0 radical (unpaired) electrons. The third-order valence-corrected chi connectivity index (χ3v) is 6.51. The van der Waals surface area contributed by atoms with Gasteiger partial charge in [-0.1, -0.05) is 42.5 Å². The van der Waals surface area contributed by atoms with Crippen molar-refractivity contribution in [3.63, 3.8) is 0 Å². The van der Waals surface area contributed by atoms with E-state index in [-0.39, 0.29) is 12.6 Å². The molecule has 2 aromatic carbocycles. The van der Waals surface area contributed by atoms with Crippen LogP contribution in [-0.4, -0.2) is 29.2 Å². The smallest absolute Gasteiger partial charge is 0.0628 e. The highest BCUT2D eigenvalue weighted by Crippen LogP contribution is 2.46. The average Bonchev–Trinajstić information content (AvgIpc) is 3.01. The molecule has 1 aliphatic heterocycles. The van der Waals surface area contributed by atoms with Crippen LogP contribution in [0, 0.1) is 3.57 Å². The van der Waals surface area contributed by atoms with Gasteiger partial charge in [-0.3, -0.25) is 4.90 Å². The van der Waals surface area contributed by atoms with E-state index in [1.807, 2.05) is 6.07 Å². The lowest BCUT2D eigenvalue weighted by Gasteiger charge is -2.38. The quantitative estimate of drug-likeness (QED) is 0.757. The second-order valence-corrected chi connectivity index (χ2v) is 7.82. The molecule has 120 valence electrons. The largest absolute Gasteiger partial charge is 0.394 e. The molecule has 0 aromatic heterocycles. The molecule has 3 heteroatoms. The van der Waals surface area contributed by atoms with Crippen molar-refractivity contribution in [1.29, 1.82) is 0 Å². The van der Waals surface area contributed by atoms with Gasteiger partial charge >= 0.3 is 0 Å². The van der Waals surface area contributed by atoms with Crippen molar-refractivity contribution in [3.05, 3.63) is 68.8 Å². The first-order valence-corrected chi connectivity index (χ1v) is 9.56. The highest BCUT2D eigenvalue weighted by atomic mass is 127. The van der Waals surface area contributed by atoms with Gasteiger partial charge in [0.1, 0.15) is 0 Å². The maximum absolute atomic E-state index is 10.0. The molecule has 0 saturated carbocycles. The van der Waals surface area contributed by atoms with Crippen LogP contribution in [0.5, 0.6) is 0 Å². The molecule has 1 N–H and O–H groups in total. The fourth-order valence-electron chi connectivity index (χ4n) is 4.56. The molecule has 1 fully saturated rings. The summed E-state index contributed by atoms with van der Waals surface area (Å²) in [4.78, 5) is 2.56. The molecule has 2 aliphatic rings. The predicted molar refractivity (Wildman–Crippen MR) is 102 cm³/mol. The Kier molecular flexibility index (Phi) is 4.43. The maximum Gasteiger partial charge on any atom is 0.0628 e. The van der Waals surface area contributed by atoms with Crippen molar-refractivity contribution < 1.29 is 5.11 Å². The van der Waals surface area contributed by atoms with Crippen LogP contribution in [0.15, 0.2) is 48.5 Å². The summed E-state index contributed by atoms with van der Waals surface area (Å²) in [5, 5.41) is 10.0. The Labute approximate surface area is 151 Å². The van der Waals surface area contributed by atoms with E-state index >= 15 is 0 Å². The normalized spacial score (nSPS) is 25.0. The van der Waals surface area contributed by atoms with Crippen molar-refractivity contribution in [2.45, 2.75) is 37.3 Å². The molecular formula is C20H22INO. The number of rotatable bonds is 3. The number of halogens is 1. The lowest BCUT2D eigenvalue weighted by molar-refractivity contribution is 0.102. The zero-order valence-electron chi connectivity index (χ0n) is 13.2. The third-order valence-electron chi connectivity index (χ3n) is 5.57. The average molecular weight is 419 g/mol. The summed E-state index contributed by atoms with van der Waals surface area (Å²) < 4.78 is 1.41. The number of fused-ring (bicyclic) bond motifs is 3. The van der Waals surface area contributed by atoms with Crippen LogP contribution in [0.3, 0.4) is 0 Å². The molecule has 2 aromatic rings. The first-order chi connectivity index (χ1) is 11.3. The molecule has 3 atom stereocenters. The van der Waals surface area contributed by atoms with Gasteiger partial charge in [0.15, 0.2) is 0 Å². The van der Waals surface area contributed by atoms with E-state index in [0.29, 0.717) is 12.0 Å². The van der Waals surface area contributed by atoms with Crippen molar-refractivity contribution in [3.8, 4) is 0 Å². The molecule has 0 spiro atoms. The Morgan fingerprint density at radius 1 is 1.09 bits per heavy atom. The van der Waals surface area contributed by atoms with Crippen LogP contribution in [0.1, 0.15) is 41.5 Å². The monoisotopic (exact) mass is 419 g/mol. The van der Waals surface area contributed by atoms with Gasteiger partial charge in [-0.15, -0.1) is 0 Å². The summed E-state index contributed by atoms with van der Waals surface area (Å²) in [7, 11) is 0. The SMILES string of the molecule is OCC(c1ccccc1)N1CCC2c3c(I)cccc3CCC21. The highest BCUT2D eigenvalue weighted by molar-refractivity contribution is 14.1. The van der Waals surface area contributed by atoms with Crippen LogP contribution in [0.25, 0.3) is 0 Å². The number of hydrogen-bond donors (Lipinski definition) is 1. The maximum atomic E-state index is 10.0. The van der Waals surface area contributed by atoms with Crippen LogP contribution < -0.4 is 0 Å². The molecule has 0 bridgehead atoms. The second-order valence-electron chi connectivity index (χ2n) is 6.66. The van der Waals surface area contributed by atoms with Gasteiger partial charge in [-0.25, -0.2) is 0 Å². The first-order valence-electron chi connectivity index (χ1n) is 8.48. The summed E-state index contributed by atoms with van der Waals surface area (Å²) in [6.45, 7) is 1.28. The fourth-order valence-corrected chi connectivity index (χ4v) is 5.52. The Hall–Kier alpha value is -0.910. The minimum absolute atomic E-state index is 0.133. The van der Waals surface area contributed by atoms with Crippen LogP contribution >= 0.6 is 22.6 Å². The van der Waals surface area contributed by atoms with Crippen molar-refractivity contribution in [1.82, 2.24) is 4.90 Å². The molecule has 1 saturated heterocycles. The highest BCUT2D eigenvalue weighted by Gasteiger charge is 2.42. The van der Waals surface area contributed by atoms with E-state index in [0.717, 1.165) is 13.0 Å². The Morgan fingerprint density at radius 3 is 2.70 bits per heavy atom. The van der Waals surface area contributed by atoms with E-state index < -0.39 is 0 Å². The lowest BCUT2D eigenvalue weighted by Crippen LogP contribution is -2.39. The van der Waals surface area contributed by atoms with Gasteiger partial charge in [0.05, 0.1) is 12.6 Å². The molecule has 2 nitrogen and oxygen atoms in total. The number of likely N-dealkylation sites (tertiary alicyclic amines) is 1. The van der Waals surface area contributed by atoms with Crippen LogP contribution in [0.4, 0.5) is 0 Å². The van der Waals surface area contributed by atoms with Crippen molar-refractivity contribution in [2.75, 3.05) is 13.2 Å². The number of benzene rings is 2. The summed E-state index contributed by atoms with van der Waals surface area (Å²) in [6, 6.07) is 17.9. The van der Waals surface area contributed by atoms with Gasteiger partial charge in [0, 0.05) is 15.5 Å². The summed E-state index contributed by atoms with van der Waals surface area (Å²) in [6.07, 6.45) is 3.58. The molecular weight excluding hydrogens is 397 g/mol. The minimum atomic E-state index is 0.133. The fraction of sp³-hybridized carbons (Fsp3) is 0.400. The number of hydrogen-bond acceptors (Lipinski definition) is 2. The molecule has 3 unspecified atom stereocenters. The van der Waals surface area contributed by atoms with E-state index in [4.69, 9.17) is 0 Å². The van der Waals surface area contributed by atoms with Gasteiger partial charge in [0.2, 0.25) is 0 Å². The zero-order valence-corrected chi connectivity index (χ0v) is 15.3. The topological polar surface area (TPSA) is 23.5 Å². The van der Waals surface area contributed by atoms with E-state index in [1.54, 1.807) is 11.1 Å². The van der Waals surface area contributed by atoms with Crippen LogP contribution in [0.2, 0.25) is 0 Å². The molecule has 4 rings (SSSR count). The van der Waals surface area contributed by atoms with Crippen molar-refractivity contribution >= 4 is 22.6 Å². The van der Waals surface area contributed by atoms with E-state index in [9.17, 15) is 5.11 Å². The van der Waals surface area contributed by atoms with E-state index in [1.165, 1.54) is 22.0 Å². The number of aliphatic hydroxyl groups excluding tert-OH is 1. The second kappa shape index (κ2) is 6.54. The molecule has 1 heterocycles. The van der Waals surface area contributed by atoms with Gasteiger partial charge in [-0.2, -0.15) is 0 Å². The molecule has 0 amide bonds. The van der Waals surface area contributed by atoms with Gasteiger partial charge < -0.3 is 5.11 Å². The lowest BCUT2D eigenvalue weighted by atomic mass is 9.79. The number of nitrogens with zero attached hydrogens (tertiary/aromatic N) is 1. The molecule has 23 heavy (non-hydrogen) atoms. The van der Waals surface area contributed by atoms with Gasteiger partial charge in [-0.05, 0) is 71.2 Å². The number of aliphatic hydroxyl groups is 1.